The van der Waals surface area contributed by atoms with Crippen LogP contribution in [0.4, 0.5) is 0 Å². The largest absolute Gasteiger partial charge is 0.309 e. The van der Waals surface area contributed by atoms with E-state index in [-0.39, 0.29) is 0 Å². The van der Waals surface area contributed by atoms with E-state index in [1.54, 1.807) is 0 Å². The first-order valence-electron chi connectivity index (χ1n) is 19.4. The fourth-order valence-electron chi connectivity index (χ4n) is 9.96. The molecule has 10 aromatic carbocycles. The molecule has 0 atom stereocenters. The molecule has 0 saturated carbocycles. The fraction of sp³-hybridized carbons (Fsp3) is 0. The summed E-state index contributed by atoms with van der Waals surface area (Å²) in [7, 11) is 0. The zero-order valence-corrected chi connectivity index (χ0v) is 30.4. The summed E-state index contributed by atoms with van der Waals surface area (Å²) in [5.41, 5.74) is 15.0. The second kappa shape index (κ2) is 11.1. The van der Waals surface area contributed by atoms with Gasteiger partial charge in [0.15, 0.2) is 0 Å². The molecule has 0 saturated heterocycles. The van der Waals surface area contributed by atoms with Crippen LogP contribution in [-0.4, -0.2) is 9.13 Å². The van der Waals surface area contributed by atoms with Crippen molar-refractivity contribution in [3.05, 3.63) is 194 Å². The predicted octanol–water partition coefficient (Wildman–Crippen LogP) is 14.7. The van der Waals surface area contributed by atoms with E-state index < -0.39 is 0 Å². The first kappa shape index (κ1) is 30.0. The van der Waals surface area contributed by atoms with E-state index in [1.807, 2.05) is 0 Å². The van der Waals surface area contributed by atoms with Crippen LogP contribution >= 0.6 is 0 Å². The third-order valence-electron chi connectivity index (χ3n) is 12.4. The van der Waals surface area contributed by atoms with Crippen molar-refractivity contribution >= 4 is 75.9 Å². The molecule has 0 fully saturated rings. The van der Waals surface area contributed by atoms with Crippen molar-refractivity contribution in [3.8, 4) is 44.8 Å². The lowest BCUT2D eigenvalue weighted by atomic mass is 9.96. The summed E-state index contributed by atoms with van der Waals surface area (Å²) in [4.78, 5) is 0. The Balaban J connectivity index is 1.01. The lowest BCUT2D eigenvalue weighted by Crippen LogP contribution is -1.97. The minimum absolute atomic E-state index is 1.15. The fourth-order valence-corrected chi connectivity index (χ4v) is 9.96. The maximum absolute atomic E-state index is 2.52. The van der Waals surface area contributed by atoms with E-state index in [0.717, 1.165) is 11.4 Å². The van der Waals surface area contributed by atoms with Gasteiger partial charge in [-0.2, -0.15) is 0 Å². The number of aromatic nitrogens is 2. The smallest absolute Gasteiger partial charge is 0.0619 e. The van der Waals surface area contributed by atoms with Gasteiger partial charge in [0, 0.05) is 43.7 Å². The van der Waals surface area contributed by atoms with Gasteiger partial charge < -0.3 is 9.13 Å². The number of hydrogen-bond donors (Lipinski definition) is 0. The Morgan fingerprint density at radius 3 is 1.57 bits per heavy atom. The normalized spacial score (nSPS) is 12.3. The summed E-state index contributed by atoms with van der Waals surface area (Å²) in [5.74, 6) is 0. The van der Waals surface area contributed by atoms with Crippen LogP contribution in [0.15, 0.2) is 194 Å². The highest BCUT2D eigenvalue weighted by molar-refractivity contribution is 6.24. The van der Waals surface area contributed by atoms with E-state index in [0.29, 0.717) is 0 Å². The molecule has 2 heterocycles. The van der Waals surface area contributed by atoms with E-state index >= 15 is 0 Å². The third-order valence-corrected chi connectivity index (χ3v) is 12.4. The summed E-state index contributed by atoms with van der Waals surface area (Å²) < 4.78 is 4.95. The quantitative estimate of drug-likeness (QED) is 0.173. The Morgan fingerprint density at radius 1 is 0.268 bits per heavy atom. The minimum atomic E-state index is 1.15. The van der Waals surface area contributed by atoms with Crippen molar-refractivity contribution in [1.82, 2.24) is 9.13 Å². The van der Waals surface area contributed by atoms with Crippen molar-refractivity contribution in [2.24, 2.45) is 0 Å². The number of nitrogens with zero attached hydrogens (tertiary/aromatic N) is 2. The summed E-state index contributed by atoms with van der Waals surface area (Å²) >= 11 is 0. The molecule has 0 aliphatic heterocycles. The van der Waals surface area contributed by atoms with Gasteiger partial charge in [-0.05, 0) is 103 Å². The molecule has 0 unspecified atom stereocenters. The van der Waals surface area contributed by atoms with Gasteiger partial charge in [-0.15, -0.1) is 0 Å². The Bertz CT molecular complexity index is 3540. The van der Waals surface area contributed by atoms with Crippen LogP contribution in [0.5, 0.6) is 0 Å². The van der Waals surface area contributed by atoms with Crippen LogP contribution in [-0.2, 0) is 0 Å². The molecular weight excluding hydrogens is 677 g/mol. The van der Waals surface area contributed by atoms with E-state index in [4.69, 9.17) is 0 Å². The van der Waals surface area contributed by atoms with Crippen LogP contribution in [0.1, 0.15) is 0 Å². The van der Waals surface area contributed by atoms with Gasteiger partial charge in [0.2, 0.25) is 0 Å². The summed E-state index contributed by atoms with van der Waals surface area (Å²) in [6, 6.07) is 72.0. The van der Waals surface area contributed by atoms with Gasteiger partial charge in [0.1, 0.15) is 0 Å². The van der Waals surface area contributed by atoms with Crippen LogP contribution < -0.4 is 0 Å². The molecule has 258 valence electrons. The topological polar surface area (TPSA) is 9.86 Å². The SMILES string of the molecule is c1ccc2c(c1)-c1cccc3cc(-c4ccc(-n5c6ccccc6c6cc(-n7c8c9ccccc9ccc8c8ccc9ccccc9c87)ccc65)cc4)cc-2c13. The molecule has 56 heavy (non-hydrogen) atoms. The maximum atomic E-state index is 2.52. The van der Waals surface area contributed by atoms with Gasteiger partial charge in [0.05, 0.1) is 22.1 Å². The second-order valence-corrected chi connectivity index (χ2v) is 15.3. The second-order valence-electron chi connectivity index (χ2n) is 15.3. The van der Waals surface area contributed by atoms with Crippen molar-refractivity contribution in [2.45, 2.75) is 0 Å². The van der Waals surface area contributed by atoms with E-state index in [1.165, 1.54) is 109 Å². The molecular formula is C54H32N2. The number of rotatable bonds is 3. The predicted molar refractivity (Wildman–Crippen MR) is 238 cm³/mol. The molecule has 13 rings (SSSR count). The number of benzene rings is 10. The number of fused-ring (bicyclic) bond motifs is 13. The lowest BCUT2D eigenvalue weighted by molar-refractivity contribution is 1.17. The Kier molecular flexibility index (Phi) is 5.92. The standard InChI is InChI=1S/C54H32N2/c1-3-13-40-34(10-1)22-27-46-47-28-23-35-11-2-4-14-41(35)54(47)56(53(40)46)39-26-29-51-48(32-39)44-17-7-8-19-50(44)55(51)38-24-20-33(21-25-38)37-30-36-12-9-18-45-42-15-5-6-16-43(42)49(31-37)52(36)45/h1-32H. The number of para-hydroxylation sites is 1. The van der Waals surface area contributed by atoms with Crippen molar-refractivity contribution in [1.29, 1.82) is 0 Å². The highest BCUT2D eigenvalue weighted by Crippen LogP contribution is 2.49. The van der Waals surface area contributed by atoms with Gasteiger partial charge in [0.25, 0.3) is 0 Å². The maximum Gasteiger partial charge on any atom is 0.0619 e. The summed E-state index contributed by atoms with van der Waals surface area (Å²) in [6.07, 6.45) is 0. The van der Waals surface area contributed by atoms with E-state index in [2.05, 4.69) is 203 Å². The average Bonchev–Trinajstić information content (AvgIpc) is 3.90. The molecule has 1 aliphatic carbocycles. The Labute approximate surface area is 322 Å². The van der Waals surface area contributed by atoms with Gasteiger partial charge in [-0.1, -0.05) is 146 Å². The minimum Gasteiger partial charge on any atom is -0.309 e. The highest BCUT2D eigenvalue weighted by atomic mass is 15.0. The molecule has 2 nitrogen and oxygen atoms in total. The zero-order chi connectivity index (χ0) is 36.5. The Hall–Kier alpha value is -7.42. The molecule has 1 aliphatic rings. The average molecular weight is 709 g/mol. The van der Waals surface area contributed by atoms with Crippen molar-refractivity contribution in [2.75, 3.05) is 0 Å². The molecule has 2 aromatic heterocycles. The van der Waals surface area contributed by atoms with Crippen LogP contribution in [0.3, 0.4) is 0 Å². The zero-order valence-electron chi connectivity index (χ0n) is 30.4. The van der Waals surface area contributed by atoms with Crippen LogP contribution in [0, 0.1) is 0 Å². The van der Waals surface area contributed by atoms with Gasteiger partial charge >= 0.3 is 0 Å². The van der Waals surface area contributed by atoms with E-state index in [9.17, 15) is 0 Å². The van der Waals surface area contributed by atoms with Crippen LogP contribution in [0.2, 0.25) is 0 Å². The lowest BCUT2D eigenvalue weighted by Gasteiger charge is -2.13. The first-order valence-corrected chi connectivity index (χ1v) is 19.4. The molecule has 0 spiro atoms. The van der Waals surface area contributed by atoms with Crippen LogP contribution in [0.25, 0.3) is 121 Å². The summed E-state index contributed by atoms with van der Waals surface area (Å²) in [5, 5.41) is 12.7. The van der Waals surface area contributed by atoms with Crippen molar-refractivity contribution in [3.63, 3.8) is 0 Å². The first-order chi connectivity index (χ1) is 27.8. The Morgan fingerprint density at radius 2 is 0.839 bits per heavy atom. The molecule has 12 aromatic rings. The van der Waals surface area contributed by atoms with Crippen molar-refractivity contribution < 1.29 is 0 Å². The monoisotopic (exact) mass is 708 g/mol. The molecule has 2 heteroatoms. The molecule has 0 amide bonds. The van der Waals surface area contributed by atoms with Gasteiger partial charge in [-0.25, -0.2) is 0 Å². The molecule has 0 radical (unpaired) electrons. The third kappa shape index (κ3) is 4.00. The molecule has 0 bridgehead atoms. The van der Waals surface area contributed by atoms with Gasteiger partial charge in [-0.3, -0.25) is 0 Å². The molecule has 0 N–H and O–H groups in total. The summed E-state index contributed by atoms with van der Waals surface area (Å²) in [6.45, 7) is 0. The highest BCUT2D eigenvalue weighted by Gasteiger charge is 2.23. The number of hydrogen-bond acceptors (Lipinski definition) is 0.